The van der Waals surface area contributed by atoms with Gasteiger partial charge in [-0.25, -0.2) is 74.2 Å². The number of thioether (sulfide) groups is 5. The molecule has 9 N–H and O–H groups in total. The normalized spacial score (nSPS) is 12.5. The second-order valence-corrected chi connectivity index (χ2v) is 34.7. The van der Waals surface area contributed by atoms with Gasteiger partial charge in [-0.1, -0.05) is 118 Å². The average molecular weight is 1930 g/mol. The van der Waals surface area contributed by atoms with Crippen molar-refractivity contribution < 1.29 is 52.6 Å². The smallest absolute Gasteiger partial charge is 0.410 e. The van der Waals surface area contributed by atoms with E-state index < -0.39 is 40.7 Å². The minimum absolute atomic E-state index is 0.00657. The third kappa shape index (κ3) is 39.1. The van der Waals surface area contributed by atoms with Crippen molar-refractivity contribution in [2.24, 2.45) is 5.73 Å². The molecule has 0 saturated carbocycles. The Hall–Kier alpha value is -10.8. The van der Waals surface area contributed by atoms with Crippen molar-refractivity contribution >= 4 is 157 Å². The van der Waals surface area contributed by atoms with Gasteiger partial charge in [-0.05, 0) is 188 Å². The van der Waals surface area contributed by atoms with Gasteiger partial charge in [-0.3, -0.25) is 32.5 Å². The summed E-state index contributed by atoms with van der Waals surface area (Å²) in [5, 5.41) is 57.0. The number of amides is 1. The summed E-state index contributed by atoms with van der Waals surface area (Å²) < 4.78 is 29.7. The first kappa shape index (κ1) is 115. The van der Waals surface area contributed by atoms with Crippen LogP contribution >= 0.6 is 70.4 Å². The number of rotatable bonds is 27. The topological polar surface area (TPSA) is 532 Å². The molecule has 0 spiro atoms. The van der Waals surface area contributed by atoms with Gasteiger partial charge >= 0.3 is 24.0 Å². The number of anilines is 4. The van der Waals surface area contributed by atoms with Gasteiger partial charge in [-0.2, -0.15) is 15.8 Å². The van der Waals surface area contributed by atoms with Crippen LogP contribution in [0.5, 0.6) is 0 Å². The second-order valence-electron chi connectivity index (χ2n) is 29.2. The Kier molecular flexibility index (Phi) is 54.1. The molecule has 36 nitrogen and oxygen atoms in total. The van der Waals surface area contributed by atoms with Crippen LogP contribution in [0.4, 0.5) is 27.9 Å². The molecule has 10 rings (SSSR count). The van der Waals surface area contributed by atoms with E-state index in [1.165, 1.54) is 106 Å². The van der Waals surface area contributed by atoms with E-state index >= 15 is 0 Å². The number of esters is 2. The predicted molar refractivity (Wildman–Crippen MR) is 518 cm³/mol. The Bertz CT molecular complexity index is 5440. The van der Waals surface area contributed by atoms with Crippen LogP contribution in [-0.4, -0.2) is 206 Å². The van der Waals surface area contributed by atoms with Crippen LogP contribution < -0.4 is 38.5 Å². The number of nitrogen functional groups attached to an aromatic ring is 1. The molecule has 130 heavy (non-hydrogen) atoms. The maximum atomic E-state index is 12.3. The fraction of sp³-hybridized carbons (Fsp3) is 0.494. The SMILES string of the molecule is CC(C)(C)OC(=O)N1CCc2cc(N)ccc2C1.CCC(C)N.CCC(C)Nc1nc(SC)ncc1C=O.CCC(C)Nc1nc(SC)ncc1CO.CCC(C)n1c(=O)c(C#N)cc2cnc(S(C)=O)nc21.CCC(C)n1c(=O)c(C#N)cc2cnc(SC)nc21.CCOC(=O)c1cnc(SC)nc1Cl.CCOC(=O)c1cnc(SC)nc1NC(C)CC.N#CCC(=O)O. The quantitative estimate of drug-likeness (QED) is 0.00478. The summed E-state index contributed by atoms with van der Waals surface area (Å²) >= 11 is 12.9. The molecule has 0 bridgehead atoms. The van der Waals surface area contributed by atoms with Crippen molar-refractivity contribution in [3.8, 4) is 18.2 Å². The van der Waals surface area contributed by atoms with Crippen LogP contribution in [0.3, 0.4) is 0 Å². The molecule has 0 aliphatic carbocycles. The summed E-state index contributed by atoms with van der Waals surface area (Å²) in [5.41, 5.74) is 16.2. The standard InChI is InChI=1S/C14H20N2O2.C13H14N4O2S.C13H14N4OS.C12H19N3O2S.C10H17N3OS.C10H15N3OS.C8H9ClN2O2S.C4H11N.C3H3NO2/c1-14(2,3)18-13(17)16-7-6-10-8-12(15)5-4-11(10)9-16;1-4-8(2)17-11-10(5-9(6-14)12(17)18)7-15-13(16-11)20(3)19;1-4-8(2)17-11-10(5-9(6-14)12(17)18)7-15-13(16-11)19-3;1-5-8(3)14-10-9(11(16)17-6-2)7-13-12(15-10)18-4;2*1-4-7(2)12-9-8(6-14)5-11-10(13-9)15-3;1-3-13-7(12)5-4-10-8(14-2)11-6(5)9;1-3-4(2)5;4-2-1-3(5)6/h4-5,8H,6-7,9,15H2,1-3H3;5,7-8H,4H2,1-3H3;5,7-8H,4H2,1-3H3;7-8H,5-6H2,1-4H3,(H,13,14,15);5,7,14H,4,6H2,1-3H3,(H,11,12,13);5-7H,4H2,1-3H3,(H,11,12,13);4H,3H2,1-2H3;4H,3,5H2,1-2H3;1H2,(H,5,6). The first-order valence-corrected chi connectivity index (χ1v) is 49.5. The first-order chi connectivity index (χ1) is 61.7. The van der Waals surface area contributed by atoms with Gasteiger partial charge in [0.1, 0.15) is 80.3 Å². The number of carbonyl (C=O) groups is 5. The number of hydrogen-bond donors (Lipinski definition) is 7. The van der Waals surface area contributed by atoms with Crippen LogP contribution in [0.15, 0.2) is 108 Å². The molecule has 0 saturated heterocycles. The number of nitrogens with zero attached hydrogens (tertiary/aromatic N) is 18. The fourth-order valence-electron chi connectivity index (χ4n) is 10.0. The molecule has 7 unspecified atom stereocenters. The highest BCUT2D eigenvalue weighted by Crippen LogP contribution is 2.27. The monoisotopic (exact) mass is 1920 g/mol. The number of halogens is 1. The summed E-state index contributed by atoms with van der Waals surface area (Å²) in [6, 6.07) is 15.3. The molecule has 1 amide bonds. The minimum Gasteiger partial charge on any atom is -0.480 e. The maximum Gasteiger partial charge on any atom is 0.410 e. The molecule has 1 aliphatic heterocycles. The molecular formula is C87H122ClN23O13S6. The molecule has 706 valence electrons. The number of nitriles is 3. The number of fused-ring (bicyclic) bond motifs is 3. The number of nitrogens with one attached hydrogen (secondary N) is 3. The Labute approximate surface area is 789 Å². The van der Waals surface area contributed by atoms with Gasteiger partial charge in [0.15, 0.2) is 32.1 Å². The Morgan fingerprint density at radius 2 is 1.03 bits per heavy atom. The van der Waals surface area contributed by atoms with E-state index in [9.17, 15) is 37.8 Å². The highest BCUT2D eigenvalue weighted by atomic mass is 35.5. The molecule has 0 radical (unpaired) electrons. The zero-order valence-electron chi connectivity index (χ0n) is 78.0. The number of aldehydes is 1. The summed E-state index contributed by atoms with van der Waals surface area (Å²) in [6.07, 6.45) is 26.7. The lowest BCUT2D eigenvalue weighted by Gasteiger charge is -2.31. The van der Waals surface area contributed by atoms with Gasteiger partial charge in [0, 0.05) is 115 Å². The van der Waals surface area contributed by atoms with Crippen LogP contribution in [0.1, 0.15) is 234 Å². The Morgan fingerprint density at radius 1 is 0.600 bits per heavy atom. The number of hydrogen-bond acceptors (Lipinski definition) is 37. The molecule has 7 atom stereocenters. The van der Waals surface area contributed by atoms with Crippen molar-refractivity contribution in [1.82, 2.24) is 73.8 Å². The molecule has 1 aliphatic rings. The average Bonchev–Trinajstić information content (AvgIpc) is 0.784. The number of carboxylic acid groups (broad SMARTS) is 1. The number of aliphatic carboxylic acids is 1. The van der Waals surface area contributed by atoms with E-state index in [1.54, 1.807) is 48.0 Å². The number of ether oxygens (including phenoxy) is 3. The van der Waals surface area contributed by atoms with Crippen molar-refractivity contribution in [2.45, 2.75) is 255 Å². The first-order valence-electron chi connectivity index (χ1n) is 41.4. The van der Waals surface area contributed by atoms with E-state index in [0.717, 1.165) is 79.0 Å². The van der Waals surface area contributed by atoms with Crippen LogP contribution in [0.2, 0.25) is 5.15 Å². The van der Waals surface area contributed by atoms with E-state index in [1.807, 2.05) is 124 Å². The van der Waals surface area contributed by atoms with E-state index in [-0.39, 0.29) is 68.9 Å². The molecule has 9 aromatic rings. The van der Waals surface area contributed by atoms with Crippen LogP contribution in [-0.2, 0) is 49.4 Å². The number of aliphatic hydroxyl groups excluding tert-OH is 1. The molecule has 9 heterocycles. The third-order valence-electron chi connectivity index (χ3n) is 18.1. The van der Waals surface area contributed by atoms with Crippen LogP contribution in [0.25, 0.3) is 22.1 Å². The lowest BCUT2D eigenvalue weighted by atomic mass is 9.99. The van der Waals surface area contributed by atoms with E-state index in [2.05, 4.69) is 117 Å². The number of aromatic nitrogens is 14. The molecule has 8 aromatic heterocycles. The van der Waals surface area contributed by atoms with Gasteiger partial charge < -0.3 is 56.7 Å². The van der Waals surface area contributed by atoms with Crippen molar-refractivity contribution in [3.05, 3.63) is 138 Å². The van der Waals surface area contributed by atoms with Crippen molar-refractivity contribution in [1.29, 1.82) is 15.8 Å². The summed E-state index contributed by atoms with van der Waals surface area (Å²) in [7, 11) is -1.32. The van der Waals surface area contributed by atoms with Gasteiger partial charge in [-0.15, -0.1) is 0 Å². The van der Waals surface area contributed by atoms with Gasteiger partial charge in [0.2, 0.25) is 5.16 Å². The van der Waals surface area contributed by atoms with Crippen LogP contribution in [0, 0.1) is 34.0 Å². The summed E-state index contributed by atoms with van der Waals surface area (Å²) in [6.45, 7) is 35.3. The van der Waals surface area contributed by atoms with Gasteiger partial charge in [0.25, 0.3) is 11.1 Å². The summed E-state index contributed by atoms with van der Waals surface area (Å²) in [4.78, 5) is 131. The molecular weight excluding hydrogens is 1800 g/mol. The number of nitrogens with two attached hydrogens (primary N) is 2. The highest BCUT2D eigenvalue weighted by molar-refractivity contribution is 7.99. The number of pyridine rings is 2. The second kappa shape index (κ2) is 61.0. The van der Waals surface area contributed by atoms with E-state index in [0.29, 0.717) is 110 Å². The lowest BCUT2D eigenvalue weighted by molar-refractivity contribution is -0.135. The third-order valence-corrected chi connectivity index (χ3v) is 22.0. The fourth-order valence-corrected chi connectivity index (χ4v) is 12.4. The molecule has 43 heteroatoms. The van der Waals surface area contributed by atoms with Gasteiger partial charge in [0.05, 0.1) is 42.3 Å². The zero-order chi connectivity index (χ0) is 98.1. The van der Waals surface area contributed by atoms with Crippen molar-refractivity contribution in [3.63, 3.8) is 0 Å². The summed E-state index contributed by atoms with van der Waals surface area (Å²) in [5.74, 6) is -0.0503. The molecule has 1 aromatic carbocycles. The zero-order valence-corrected chi connectivity index (χ0v) is 83.7. The Morgan fingerprint density at radius 3 is 1.45 bits per heavy atom. The number of carboxylic acids is 1. The largest absolute Gasteiger partial charge is 0.480 e. The minimum atomic E-state index is -1.32. The molecule has 0 fully saturated rings. The number of carbonyl (C=O) groups excluding carboxylic acids is 4. The Balaban J connectivity index is 0.000000504. The number of benzene rings is 1. The number of aliphatic hydroxyl groups is 1. The van der Waals surface area contributed by atoms with E-state index in [4.69, 9.17) is 63.3 Å². The van der Waals surface area contributed by atoms with Crippen molar-refractivity contribution in [2.75, 3.05) is 79.0 Å². The maximum absolute atomic E-state index is 12.3. The predicted octanol–water partition coefficient (Wildman–Crippen LogP) is 15.8. The lowest BCUT2D eigenvalue weighted by Crippen LogP contribution is -2.39. The highest BCUT2D eigenvalue weighted by Gasteiger charge is 2.27.